The molecule has 1 unspecified atom stereocenters. The third-order valence-electron chi connectivity index (χ3n) is 3.37. The molecule has 1 aromatic carbocycles. The van der Waals surface area contributed by atoms with Gasteiger partial charge in [-0.25, -0.2) is 14.2 Å². The molecule has 0 aliphatic carbocycles. The molecule has 7 heteroatoms. The van der Waals surface area contributed by atoms with Gasteiger partial charge in [0, 0.05) is 6.54 Å². The van der Waals surface area contributed by atoms with Crippen LogP contribution in [-0.4, -0.2) is 33.9 Å². The number of carbonyl (C=O) groups is 1. The van der Waals surface area contributed by atoms with E-state index in [2.05, 4.69) is 0 Å². The van der Waals surface area contributed by atoms with Crippen molar-refractivity contribution in [1.29, 1.82) is 0 Å². The van der Waals surface area contributed by atoms with Crippen molar-refractivity contribution >= 4 is 5.97 Å². The highest BCUT2D eigenvalue weighted by molar-refractivity contribution is 5.78. The van der Waals surface area contributed by atoms with Gasteiger partial charge in [-0.2, -0.15) is 0 Å². The molecule has 118 valence electrons. The smallest absolute Gasteiger partial charge is 0.333 e. The quantitative estimate of drug-likeness (QED) is 0.756. The summed E-state index contributed by atoms with van der Waals surface area (Å²) in [6, 6.07) is 7.66. The fourth-order valence-corrected chi connectivity index (χ4v) is 2.30. The van der Waals surface area contributed by atoms with Gasteiger partial charge in [0.25, 0.3) is 0 Å². The number of rotatable bonds is 6. The molecule has 0 spiro atoms. The number of nitrogens with two attached hydrogens (primary N) is 1. The van der Waals surface area contributed by atoms with Crippen molar-refractivity contribution in [2.75, 3.05) is 13.7 Å². The Kier molecular flexibility index (Phi) is 5.00. The van der Waals surface area contributed by atoms with E-state index >= 15 is 0 Å². The Morgan fingerprint density at radius 3 is 2.64 bits per heavy atom. The van der Waals surface area contributed by atoms with E-state index in [9.17, 15) is 14.7 Å². The lowest BCUT2D eigenvalue weighted by atomic mass is 10.1. The maximum atomic E-state index is 12.4. The van der Waals surface area contributed by atoms with Crippen molar-refractivity contribution in [2.24, 2.45) is 5.73 Å². The summed E-state index contributed by atoms with van der Waals surface area (Å²) in [6.45, 7) is 0.802. The lowest BCUT2D eigenvalue weighted by Crippen LogP contribution is -2.33. The molecule has 0 bridgehead atoms. The van der Waals surface area contributed by atoms with E-state index in [-0.39, 0.29) is 5.88 Å². The van der Waals surface area contributed by atoms with Crippen LogP contribution in [0.1, 0.15) is 18.0 Å². The molecule has 0 aliphatic rings. The molecule has 0 fully saturated rings. The highest BCUT2D eigenvalue weighted by Crippen LogP contribution is 2.23. The van der Waals surface area contributed by atoms with Gasteiger partial charge in [-0.1, -0.05) is 30.3 Å². The van der Waals surface area contributed by atoms with Crippen LogP contribution in [0.4, 0.5) is 0 Å². The summed E-state index contributed by atoms with van der Waals surface area (Å²) in [5.74, 6) is -0.915. The van der Waals surface area contributed by atoms with Crippen molar-refractivity contribution in [3.8, 4) is 5.88 Å². The SMILES string of the molecule is COC(=O)C(c1ccccc1)n1c(O)cn(CCCN)c1=O. The minimum atomic E-state index is -1.03. The summed E-state index contributed by atoms with van der Waals surface area (Å²) in [5, 5.41) is 10.1. The summed E-state index contributed by atoms with van der Waals surface area (Å²) in [5.41, 5.74) is 5.51. The van der Waals surface area contributed by atoms with Crippen LogP contribution >= 0.6 is 0 Å². The van der Waals surface area contributed by atoms with E-state index in [4.69, 9.17) is 10.5 Å². The summed E-state index contributed by atoms with van der Waals surface area (Å²) in [7, 11) is 1.24. The van der Waals surface area contributed by atoms with Crippen LogP contribution < -0.4 is 11.4 Å². The maximum absolute atomic E-state index is 12.4. The number of esters is 1. The van der Waals surface area contributed by atoms with Crippen LogP contribution in [-0.2, 0) is 16.1 Å². The van der Waals surface area contributed by atoms with Gasteiger partial charge in [-0.05, 0) is 18.5 Å². The number of nitrogens with zero attached hydrogens (tertiary/aromatic N) is 2. The van der Waals surface area contributed by atoms with Crippen molar-refractivity contribution in [3.63, 3.8) is 0 Å². The predicted octanol–water partition coefficient (Wildman–Crippen LogP) is 0.467. The first-order valence-corrected chi connectivity index (χ1v) is 6.93. The van der Waals surface area contributed by atoms with E-state index in [1.54, 1.807) is 30.3 Å². The van der Waals surface area contributed by atoms with E-state index in [0.29, 0.717) is 25.1 Å². The third kappa shape index (κ3) is 3.04. The van der Waals surface area contributed by atoms with E-state index in [1.165, 1.54) is 17.9 Å². The number of hydrogen-bond acceptors (Lipinski definition) is 5. The largest absolute Gasteiger partial charge is 0.493 e. The Bertz CT molecular complexity index is 691. The zero-order chi connectivity index (χ0) is 16.1. The summed E-state index contributed by atoms with van der Waals surface area (Å²) in [4.78, 5) is 24.6. The second-order valence-electron chi connectivity index (χ2n) is 4.81. The fourth-order valence-electron chi connectivity index (χ4n) is 2.30. The number of aryl methyl sites for hydroxylation is 1. The molecule has 3 N–H and O–H groups in total. The number of benzene rings is 1. The first-order chi connectivity index (χ1) is 10.6. The van der Waals surface area contributed by atoms with Crippen molar-refractivity contribution in [1.82, 2.24) is 9.13 Å². The normalized spacial score (nSPS) is 12.1. The van der Waals surface area contributed by atoms with E-state index in [1.807, 2.05) is 0 Å². The topological polar surface area (TPSA) is 99.5 Å². The maximum Gasteiger partial charge on any atom is 0.333 e. The number of methoxy groups -OCH3 is 1. The average molecular weight is 305 g/mol. The zero-order valence-electron chi connectivity index (χ0n) is 12.3. The second kappa shape index (κ2) is 6.95. The van der Waals surface area contributed by atoms with Crippen LogP contribution in [0.15, 0.2) is 41.3 Å². The standard InChI is InChI=1S/C15H19N3O4/c1-22-14(20)13(11-6-3-2-4-7-11)18-12(19)10-17(15(18)21)9-5-8-16/h2-4,6-7,10,13,19H,5,8-9,16H2,1H3. The molecule has 0 aliphatic heterocycles. The van der Waals surface area contributed by atoms with Crippen LogP contribution in [0.2, 0.25) is 0 Å². The first-order valence-electron chi connectivity index (χ1n) is 6.93. The van der Waals surface area contributed by atoms with Gasteiger partial charge in [0.05, 0.1) is 13.3 Å². The Hall–Kier alpha value is -2.54. The van der Waals surface area contributed by atoms with Gasteiger partial charge >= 0.3 is 11.7 Å². The second-order valence-corrected chi connectivity index (χ2v) is 4.81. The number of aromatic hydroxyl groups is 1. The van der Waals surface area contributed by atoms with Gasteiger partial charge in [0.1, 0.15) is 0 Å². The highest BCUT2D eigenvalue weighted by Gasteiger charge is 2.28. The van der Waals surface area contributed by atoms with Gasteiger partial charge < -0.3 is 15.6 Å². The molecular formula is C15H19N3O4. The monoisotopic (exact) mass is 305 g/mol. The minimum Gasteiger partial charge on any atom is -0.493 e. The molecule has 1 aromatic heterocycles. The first kappa shape index (κ1) is 15.8. The van der Waals surface area contributed by atoms with Crippen molar-refractivity contribution in [2.45, 2.75) is 19.0 Å². The fraction of sp³-hybridized carbons (Fsp3) is 0.333. The molecule has 7 nitrogen and oxygen atoms in total. The molecule has 0 radical (unpaired) electrons. The highest BCUT2D eigenvalue weighted by atomic mass is 16.5. The molecule has 1 heterocycles. The minimum absolute atomic E-state index is 0.290. The molecule has 0 saturated carbocycles. The molecule has 0 saturated heterocycles. The van der Waals surface area contributed by atoms with Crippen molar-refractivity contribution in [3.05, 3.63) is 52.6 Å². The van der Waals surface area contributed by atoms with E-state index < -0.39 is 17.7 Å². The number of aromatic nitrogens is 2. The number of imidazole rings is 1. The number of hydrogen-bond donors (Lipinski definition) is 2. The Morgan fingerprint density at radius 2 is 2.05 bits per heavy atom. The van der Waals surface area contributed by atoms with Crippen LogP contribution in [0.5, 0.6) is 5.88 Å². The van der Waals surface area contributed by atoms with Gasteiger partial charge in [-0.15, -0.1) is 0 Å². The van der Waals surface area contributed by atoms with Crippen molar-refractivity contribution < 1.29 is 14.6 Å². The number of carbonyl (C=O) groups excluding carboxylic acids is 1. The lowest BCUT2D eigenvalue weighted by molar-refractivity contribution is -0.143. The Balaban J connectivity index is 2.51. The lowest BCUT2D eigenvalue weighted by Gasteiger charge is -2.16. The molecule has 2 rings (SSSR count). The summed E-state index contributed by atoms with van der Waals surface area (Å²) < 4.78 is 7.14. The molecule has 2 aromatic rings. The molecular weight excluding hydrogens is 286 g/mol. The van der Waals surface area contributed by atoms with Gasteiger partial charge in [0.2, 0.25) is 5.88 Å². The molecule has 1 atom stereocenters. The van der Waals surface area contributed by atoms with Crippen LogP contribution in [0, 0.1) is 0 Å². The van der Waals surface area contributed by atoms with Crippen LogP contribution in [0.25, 0.3) is 0 Å². The Labute approximate surface area is 127 Å². The van der Waals surface area contributed by atoms with Crippen LogP contribution in [0.3, 0.4) is 0 Å². The average Bonchev–Trinajstić information content (AvgIpc) is 2.81. The molecule has 22 heavy (non-hydrogen) atoms. The van der Waals surface area contributed by atoms with Gasteiger partial charge in [-0.3, -0.25) is 4.57 Å². The predicted molar refractivity (Wildman–Crippen MR) is 80.6 cm³/mol. The third-order valence-corrected chi connectivity index (χ3v) is 3.37. The zero-order valence-corrected chi connectivity index (χ0v) is 12.3. The Morgan fingerprint density at radius 1 is 1.36 bits per heavy atom. The van der Waals surface area contributed by atoms with Gasteiger partial charge in [0.15, 0.2) is 6.04 Å². The summed E-state index contributed by atoms with van der Waals surface area (Å²) >= 11 is 0. The molecule has 0 amide bonds. The van der Waals surface area contributed by atoms with E-state index in [0.717, 1.165) is 4.57 Å². The number of ether oxygens (including phenoxy) is 1. The summed E-state index contributed by atoms with van der Waals surface area (Å²) in [6.07, 6.45) is 1.90.